The molecular weight excluding hydrogens is 744 g/mol. The van der Waals surface area contributed by atoms with E-state index in [1.807, 2.05) is 26.1 Å². The molecule has 288 valence electrons. The Morgan fingerprint density at radius 1 is 1.13 bits per heavy atom. The molecule has 3 aromatic rings. The number of hydrogen-bond acceptors (Lipinski definition) is 9. The van der Waals surface area contributed by atoms with Gasteiger partial charge in [0.25, 0.3) is 12.3 Å². The topological polar surface area (TPSA) is 151 Å². The van der Waals surface area contributed by atoms with Gasteiger partial charge in [0.15, 0.2) is 29.0 Å². The Kier molecular flexibility index (Phi) is 11.0. The molecule has 5 rings (SSSR count). The van der Waals surface area contributed by atoms with E-state index < -0.39 is 65.4 Å². The standard InChI is InChI=1S/C35H36ClF6N9O3/c1-32(2,3)18-34(21-9-6-19(7-10-21)27-46-15-22(37)16-47-27)29(52)50(30(43)48-34)25(17-54-31(53)49-33(12-13-33)35(40,41)42)20-8-11-23(36)24(14-20)51(45-5)28(44-4)26(38)39/h6-11,14-16,25-26H,5,12-13,17-18H2,1-4H3,(H2,43,48)(H,49,53)/t25-,34-/m1/s1. The number of amidine groups is 1. The first-order valence-corrected chi connectivity index (χ1v) is 16.7. The van der Waals surface area contributed by atoms with Crippen LogP contribution in [-0.4, -0.2) is 77.2 Å². The third-order valence-electron chi connectivity index (χ3n) is 8.84. The zero-order chi connectivity index (χ0) is 39.8. The smallest absolute Gasteiger partial charge is 0.411 e. The third kappa shape index (κ3) is 7.97. The van der Waals surface area contributed by atoms with Gasteiger partial charge in [0.2, 0.25) is 0 Å². The molecule has 0 bridgehead atoms. The van der Waals surface area contributed by atoms with Crippen molar-refractivity contribution in [2.45, 2.75) is 69.8 Å². The maximum absolute atomic E-state index is 14.9. The number of anilines is 1. The summed E-state index contributed by atoms with van der Waals surface area (Å²) in [5.74, 6) is -2.26. The Labute approximate surface area is 311 Å². The van der Waals surface area contributed by atoms with Gasteiger partial charge in [0.1, 0.15) is 12.1 Å². The number of aromatic nitrogens is 2. The number of hydrazone groups is 1. The van der Waals surface area contributed by atoms with Crippen molar-refractivity contribution < 1.29 is 40.7 Å². The highest BCUT2D eigenvalue weighted by molar-refractivity contribution is 6.34. The Bertz CT molecular complexity index is 1970. The molecule has 0 spiro atoms. The highest BCUT2D eigenvalue weighted by Gasteiger charge is 2.64. The van der Waals surface area contributed by atoms with Gasteiger partial charge in [-0.2, -0.15) is 18.3 Å². The van der Waals surface area contributed by atoms with Gasteiger partial charge in [-0.1, -0.05) is 62.7 Å². The van der Waals surface area contributed by atoms with Gasteiger partial charge in [-0.05, 0) is 47.9 Å². The number of ether oxygens (including phenoxy) is 1. The number of amides is 2. The zero-order valence-corrected chi connectivity index (χ0v) is 30.2. The second kappa shape index (κ2) is 14.9. The lowest BCUT2D eigenvalue weighted by Gasteiger charge is -2.35. The molecule has 3 N–H and O–H groups in total. The SMILES string of the molecule is C=NN(C(=NC)C(F)F)c1cc([C@@H](COC(=O)NC2(C(F)(F)F)CC2)N2C(=O)[C@@](CC(C)(C)C)(c3ccc(-c4ncc(F)cn4)cc3)N=C2N)ccc1Cl. The van der Waals surface area contributed by atoms with Crippen LogP contribution < -0.4 is 16.1 Å². The molecule has 0 radical (unpaired) electrons. The number of carbonyl (C=O) groups excluding carboxylic acids is 2. The number of nitrogens with one attached hydrogen (secondary N) is 1. The number of nitrogens with zero attached hydrogens (tertiary/aromatic N) is 7. The van der Waals surface area contributed by atoms with Crippen LogP contribution in [0.5, 0.6) is 0 Å². The summed E-state index contributed by atoms with van der Waals surface area (Å²) >= 11 is 6.42. The van der Waals surface area contributed by atoms with Crippen LogP contribution in [0.2, 0.25) is 5.02 Å². The lowest BCUT2D eigenvalue weighted by molar-refractivity contribution is -0.164. The molecule has 2 aromatic carbocycles. The van der Waals surface area contributed by atoms with Crippen LogP contribution in [-0.2, 0) is 15.1 Å². The predicted molar refractivity (Wildman–Crippen MR) is 190 cm³/mol. The highest BCUT2D eigenvalue weighted by atomic mass is 35.5. The van der Waals surface area contributed by atoms with E-state index in [-0.39, 0.29) is 47.3 Å². The van der Waals surface area contributed by atoms with E-state index in [4.69, 9.17) is 22.1 Å². The fourth-order valence-corrected chi connectivity index (χ4v) is 6.39. The van der Waals surface area contributed by atoms with E-state index in [2.05, 4.69) is 31.8 Å². The van der Waals surface area contributed by atoms with Crippen molar-refractivity contribution in [3.8, 4) is 11.4 Å². The quantitative estimate of drug-likeness (QED) is 0.0921. The highest BCUT2D eigenvalue weighted by Crippen LogP contribution is 2.49. The zero-order valence-electron chi connectivity index (χ0n) is 29.5. The molecule has 1 aromatic heterocycles. The lowest BCUT2D eigenvalue weighted by Crippen LogP contribution is -2.50. The summed E-state index contributed by atoms with van der Waals surface area (Å²) in [6, 6.07) is 9.02. The summed E-state index contributed by atoms with van der Waals surface area (Å²) in [6.45, 7) is 8.19. The number of rotatable bonds is 11. The van der Waals surface area contributed by atoms with Crippen LogP contribution in [0.25, 0.3) is 11.4 Å². The Morgan fingerprint density at radius 2 is 1.76 bits per heavy atom. The van der Waals surface area contributed by atoms with Crippen LogP contribution in [0.15, 0.2) is 69.9 Å². The van der Waals surface area contributed by atoms with E-state index in [0.29, 0.717) is 16.1 Å². The molecule has 1 aliphatic heterocycles. The molecule has 1 fully saturated rings. The van der Waals surface area contributed by atoms with Crippen LogP contribution >= 0.6 is 11.6 Å². The van der Waals surface area contributed by atoms with E-state index in [1.165, 1.54) is 18.2 Å². The largest absolute Gasteiger partial charge is 0.447 e. The molecule has 2 amide bonds. The van der Waals surface area contributed by atoms with Crippen LogP contribution in [0.3, 0.4) is 0 Å². The molecule has 1 aliphatic carbocycles. The number of halogens is 7. The number of aliphatic imine (C=N–C) groups is 2. The van der Waals surface area contributed by atoms with Crippen LogP contribution in [0, 0.1) is 11.2 Å². The van der Waals surface area contributed by atoms with Gasteiger partial charge in [0, 0.05) is 19.3 Å². The van der Waals surface area contributed by atoms with Gasteiger partial charge in [-0.15, -0.1) is 0 Å². The molecule has 12 nitrogen and oxygen atoms in total. The molecule has 2 heterocycles. The summed E-state index contributed by atoms with van der Waals surface area (Å²) in [5.41, 5.74) is 2.65. The van der Waals surface area contributed by atoms with Crippen molar-refractivity contribution >= 4 is 47.8 Å². The van der Waals surface area contributed by atoms with Crippen molar-refractivity contribution in [2.75, 3.05) is 18.7 Å². The molecule has 0 saturated heterocycles. The van der Waals surface area contributed by atoms with Gasteiger partial charge >= 0.3 is 12.3 Å². The molecule has 2 aliphatic rings. The summed E-state index contributed by atoms with van der Waals surface area (Å²) in [7, 11) is 1.11. The summed E-state index contributed by atoms with van der Waals surface area (Å²) in [4.78, 5) is 45.1. The second-order valence-corrected chi connectivity index (χ2v) is 14.3. The first-order valence-electron chi connectivity index (χ1n) is 16.4. The Hall–Kier alpha value is -5.26. The number of alkyl carbamates (subject to hydrolysis) is 1. The normalized spacial score (nSPS) is 19.0. The van der Waals surface area contributed by atoms with E-state index in [0.717, 1.165) is 24.3 Å². The van der Waals surface area contributed by atoms with E-state index in [9.17, 15) is 35.9 Å². The molecule has 19 heteroatoms. The van der Waals surface area contributed by atoms with Crippen molar-refractivity contribution in [2.24, 2.45) is 26.2 Å². The number of nitrogens with two attached hydrogens (primary N) is 1. The van der Waals surface area contributed by atoms with Gasteiger partial charge in [0.05, 0.1) is 29.1 Å². The lowest BCUT2D eigenvalue weighted by atomic mass is 9.75. The molecule has 1 saturated carbocycles. The molecule has 2 atom stereocenters. The Morgan fingerprint density at radius 3 is 2.28 bits per heavy atom. The first kappa shape index (κ1) is 39.9. The average molecular weight is 780 g/mol. The van der Waals surface area contributed by atoms with Crippen molar-refractivity contribution in [3.05, 3.63) is 76.8 Å². The minimum Gasteiger partial charge on any atom is -0.447 e. The fourth-order valence-electron chi connectivity index (χ4n) is 6.20. The van der Waals surface area contributed by atoms with Crippen molar-refractivity contribution in [3.63, 3.8) is 0 Å². The van der Waals surface area contributed by atoms with E-state index in [1.54, 1.807) is 24.3 Å². The van der Waals surface area contributed by atoms with Gasteiger partial charge in [-0.3, -0.25) is 14.7 Å². The minimum absolute atomic E-state index is 0.0899. The third-order valence-corrected chi connectivity index (χ3v) is 9.16. The monoisotopic (exact) mass is 779 g/mol. The minimum atomic E-state index is -4.74. The second-order valence-electron chi connectivity index (χ2n) is 13.9. The molecule has 54 heavy (non-hydrogen) atoms. The predicted octanol–water partition coefficient (Wildman–Crippen LogP) is 7.00. The average Bonchev–Trinajstić information content (AvgIpc) is 3.85. The number of alkyl halides is 5. The first-order chi connectivity index (χ1) is 25.3. The van der Waals surface area contributed by atoms with Gasteiger partial charge in [-0.25, -0.2) is 37.9 Å². The number of hydrogen-bond donors (Lipinski definition) is 2. The summed E-state index contributed by atoms with van der Waals surface area (Å²) < 4.78 is 87.7. The summed E-state index contributed by atoms with van der Waals surface area (Å²) in [6.07, 6.45) is -7.87. The number of guanidine groups is 1. The maximum atomic E-state index is 14.9. The molecule has 0 unspecified atom stereocenters. The van der Waals surface area contributed by atoms with E-state index >= 15 is 0 Å². The molecular formula is C35H36ClF6N9O3. The maximum Gasteiger partial charge on any atom is 0.411 e. The number of benzene rings is 2. The van der Waals surface area contributed by atoms with Crippen LogP contribution in [0.4, 0.5) is 36.8 Å². The fraction of sp³-hybridized carbons (Fsp3) is 0.400. The van der Waals surface area contributed by atoms with Crippen molar-refractivity contribution in [1.29, 1.82) is 0 Å². The van der Waals surface area contributed by atoms with Gasteiger partial charge < -0.3 is 15.8 Å². The Balaban J connectivity index is 1.59. The number of carbonyl (C=O) groups is 2. The summed E-state index contributed by atoms with van der Waals surface area (Å²) in [5, 5.41) is 6.11. The van der Waals surface area contributed by atoms with Crippen molar-refractivity contribution in [1.82, 2.24) is 20.2 Å². The van der Waals surface area contributed by atoms with Crippen LogP contribution in [0.1, 0.15) is 57.2 Å².